The fraction of sp³-hybridized carbons (Fsp3) is 0.929. The zero-order chi connectivity index (χ0) is 11.7. The normalized spacial score (nSPS) is 38.6. The number of rotatable bonds is 3. The molecule has 3 aliphatic rings. The average Bonchev–Trinajstić information content (AvgIpc) is 2.95. The molecule has 0 bridgehead atoms. The van der Waals surface area contributed by atoms with Gasteiger partial charge in [0.25, 0.3) is 0 Å². The summed E-state index contributed by atoms with van der Waals surface area (Å²) in [6.07, 6.45) is 8.52. The van der Waals surface area contributed by atoms with E-state index in [1.807, 2.05) is 0 Å². The molecule has 3 atom stereocenters. The van der Waals surface area contributed by atoms with Crippen molar-refractivity contribution < 1.29 is 9.53 Å². The lowest BCUT2D eigenvalue weighted by Crippen LogP contribution is -2.49. The van der Waals surface area contributed by atoms with Crippen LogP contribution in [0.2, 0.25) is 0 Å². The van der Waals surface area contributed by atoms with Crippen molar-refractivity contribution in [3.05, 3.63) is 0 Å². The first-order valence-electron chi connectivity index (χ1n) is 7.23. The van der Waals surface area contributed by atoms with E-state index in [4.69, 9.17) is 4.74 Å². The van der Waals surface area contributed by atoms with Gasteiger partial charge in [-0.25, -0.2) is 0 Å². The number of hydrogen-bond acceptors (Lipinski definition) is 3. The number of ketones is 1. The topological polar surface area (TPSA) is 29.5 Å². The lowest BCUT2D eigenvalue weighted by atomic mass is 10.0. The molecule has 1 heterocycles. The minimum Gasteiger partial charge on any atom is -0.375 e. The summed E-state index contributed by atoms with van der Waals surface area (Å²) in [7, 11) is 0. The van der Waals surface area contributed by atoms with Gasteiger partial charge in [0.05, 0.1) is 12.7 Å². The molecule has 0 aromatic heterocycles. The van der Waals surface area contributed by atoms with E-state index >= 15 is 0 Å². The lowest BCUT2D eigenvalue weighted by Gasteiger charge is -2.38. The molecular formula is C14H23NO2. The van der Waals surface area contributed by atoms with Gasteiger partial charge in [-0.05, 0) is 45.1 Å². The van der Waals surface area contributed by atoms with E-state index in [0.717, 1.165) is 45.4 Å². The second-order valence-corrected chi connectivity index (χ2v) is 5.79. The van der Waals surface area contributed by atoms with Crippen LogP contribution < -0.4 is 0 Å². The van der Waals surface area contributed by atoms with Crippen LogP contribution in [0.5, 0.6) is 0 Å². The molecule has 2 aliphatic carbocycles. The molecule has 2 saturated carbocycles. The van der Waals surface area contributed by atoms with E-state index in [1.165, 1.54) is 19.3 Å². The third-order valence-electron chi connectivity index (χ3n) is 4.79. The van der Waals surface area contributed by atoms with Crippen molar-refractivity contribution in [2.75, 3.05) is 19.7 Å². The maximum atomic E-state index is 11.6. The fourth-order valence-corrected chi connectivity index (χ4v) is 3.80. The van der Waals surface area contributed by atoms with Gasteiger partial charge in [-0.1, -0.05) is 0 Å². The molecule has 3 fully saturated rings. The zero-order valence-electron chi connectivity index (χ0n) is 10.6. The van der Waals surface area contributed by atoms with Gasteiger partial charge >= 0.3 is 0 Å². The van der Waals surface area contributed by atoms with Gasteiger partial charge in [-0.2, -0.15) is 0 Å². The van der Waals surface area contributed by atoms with E-state index < -0.39 is 0 Å². The summed E-state index contributed by atoms with van der Waals surface area (Å²) in [5.74, 6) is 0.888. The number of ether oxygens (including phenoxy) is 1. The summed E-state index contributed by atoms with van der Waals surface area (Å²) in [5.41, 5.74) is 0. The molecule has 0 aromatic carbocycles. The number of carbonyl (C=O) groups excluding carboxylic acids is 1. The Kier molecular flexibility index (Phi) is 3.48. The van der Waals surface area contributed by atoms with Crippen LogP contribution in [0, 0.1) is 5.92 Å². The second-order valence-electron chi connectivity index (χ2n) is 5.79. The maximum absolute atomic E-state index is 11.6. The molecule has 1 saturated heterocycles. The quantitative estimate of drug-likeness (QED) is 0.752. The Morgan fingerprint density at radius 3 is 3.00 bits per heavy atom. The number of carbonyl (C=O) groups is 1. The van der Waals surface area contributed by atoms with Crippen LogP contribution in [0.4, 0.5) is 0 Å². The first-order valence-corrected chi connectivity index (χ1v) is 7.23. The third-order valence-corrected chi connectivity index (χ3v) is 4.79. The fourth-order valence-electron chi connectivity index (χ4n) is 3.80. The van der Waals surface area contributed by atoms with Crippen molar-refractivity contribution in [3.63, 3.8) is 0 Å². The van der Waals surface area contributed by atoms with E-state index in [2.05, 4.69) is 4.90 Å². The van der Waals surface area contributed by atoms with E-state index in [-0.39, 0.29) is 0 Å². The predicted octanol–water partition coefficient (Wildman–Crippen LogP) is 2.00. The van der Waals surface area contributed by atoms with E-state index in [1.54, 1.807) is 0 Å². The number of morpholine rings is 1. The van der Waals surface area contributed by atoms with Crippen LogP contribution >= 0.6 is 0 Å². The SMILES string of the molecule is O=C1CCCC1CCN1CCOC2CCCC21. The van der Waals surface area contributed by atoms with Gasteiger partial charge in [-0.3, -0.25) is 9.69 Å². The second kappa shape index (κ2) is 5.07. The molecule has 17 heavy (non-hydrogen) atoms. The van der Waals surface area contributed by atoms with Gasteiger partial charge < -0.3 is 4.74 Å². The highest BCUT2D eigenvalue weighted by Gasteiger charge is 2.36. The maximum Gasteiger partial charge on any atom is 0.136 e. The van der Waals surface area contributed by atoms with Crippen LogP contribution in [-0.2, 0) is 9.53 Å². The summed E-state index contributed by atoms with van der Waals surface area (Å²) in [5, 5.41) is 0. The Bertz CT molecular complexity index is 292. The molecule has 96 valence electrons. The molecule has 0 spiro atoms. The molecule has 3 heteroatoms. The van der Waals surface area contributed by atoms with Gasteiger partial charge in [-0.15, -0.1) is 0 Å². The van der Waals surface area contributed by atoms with Crippen LogP contribution in [-0.4, -0.2) is 42.5 Å². The van der Waals surface area contributed by atoms with Gasteiger partial charge in [0, 0.05) is 24.9 Å². The Labute approximate surface area is 104 Å². The average molecular weight is 237 g/mol. The van der Waals surface area contributed by atoms with Gasteiger partial charge in [0.15, 0.2) is 0 Å². The summed E-state index contributed by atoms with van der Waals surface area (Å²) in [6.45, 7) is 3.07. The third kappa shape index (κ3) is 2.41. The molecule has 0 radical (unpaired) electrons. The molecule has 1 aliphatic heterocycles. The predicted molar refractivity (Wildman–Crippen MR) is 65.9 cm³/mol. The summed E-state index contributed by atoms with van der Waals surface area (Å²) < 4.78 is 5.82. The van der Waals surface area contributed by atoms with Crippen LogP contribution in [0.25, 0.3) is 0 Å². The molecule has 3 nitrogen and oxygen atoms in total. The first kappa shape index (κ1) is 11.7. The van der Waals surface area contributed by atoms with Crippen LogP contribution in [0.15, 0.2) is 0 Å². The largest absolute Gasteiger partial charge is 0.375 e. The van der Waals surface area contributed by atoms with Gasteiger partial charge in [0.1, 0.15) is 5.78 Å². The van der Waals surface area contributed by atoms with Crippen molar-refractivity contribution in [2.45, 2.75) is 57.1 Å². The summed E-state index contributed by atoms with van der Waals surface area (Å²) in [6, 6.07) is 0.653. The van der Waals surface area contributed by atoms with E-state index in [9.17, 15) is 4.79 Å². The van der Waals surface area contributed by atoms with Crippen LogP contribution in [0.1, 0.15) is 44.9 Å². The standard InChI is InChI=1S/C14H23NO2/c16-13-5-1-3-11(13)7-8-15-9-10-17-14-6-2-4-12(14)15/h11-12,14H,1-10H2. The Balaban J connectivity index is 1.52. The number of fused-ring (bicyclic) bond motifs is 1. The smallest absolute Gasteiger partial charge is 0.136 e. The molecular weight excluding hydrogens is 214 g/mol. The Morgan fingerprint density at radius 1 is 1.24 bits per heavy atom. The Morgan fingerprint density at radius 2 is 2.18 bits per heavy atom. The Hall–Kier alpha value is -0.410. The van der Waals surface area contributed by atoms with Crippen molar-refractivity contribution in [1.82, 2.24) is 4.90 Å². The van der Waals surface area contributed by atoms with Crippen molar-refractivity contribution in [3.8, 4) is 0 Å². The molecule has 3 unspecified atom stereocenters. The van der Waals surface area contributed by atoms with Crippen molar-refractivity contribution in [2.24, 2.45) is 5.92 Å². The highest BCUT2D eigenvalue weighted by Crippen LogP contribution is 2.31. The highest BCUT2D eigenvalue weighted by atomic mass is 16.5. The molecule has 0 N–H and O–H groups in total. The molecule has 3 rings (SSSR count). The lowest BCUT2D eigenvalue weighted by molar-refractivity contribution is -0.121. The monoisotopic (exact) mass is 237 g/mol. The number of hydrogen-bond donors (Lipinski definition) is 0. The number of nitrogens with zero attached hydrogens (tertiary/aromatic N) is 1. The minimum atomic E-state index is 0.373. The van der Waals surface area contributed by atoms with Crippen molar-refractivity contribution >= 4 is 5.78 Å². The van der Waals surface area contributed by atoms with E-state index in [0.29, 0.717) is 23.8 Å². The highest BCUT2D eigenvalue weighted by molar-refractivity contribution is 5.82. The molecule has 0 aromatic rings. The zero-order valence-corrected chi connectivity index (χ0v) is 10.6. The van der Waals surface area contributed by atoms with Crippen molar-refractivity contribution in [1.29, 1.82) is 0 Å². The van der Waals surface area contributed by atoms with Crippen LogP contribution in [0.3, 0.4) is 0 Å². The molecule has 0 amide bonds. The number of Topliss-reactive ketones (excluding diaryl/α,β-unsaturated/α-hetero) is 1. The summed E-state index contributed by atoms with van der Waals surface area (Å²) in [4.78, 5) is 14.2. The minimum absolute atomic E-state index is 0.373. The van der Waals surface area contributed by atoms with Gasteiger partial charge in [0.2, 0.25) is 0 Å². The first-order chi connectivity index (χ1) is 8.34. The summed E-state index contributed by atoms with van der Waals surface area (Å²) >= 11 is 0.